The van der Waals surface area contributed by atoms with Crippen molar-refractivity contribution < 1.29 is 14.3 Å². The van der Waals surface area contributed by atoms with Crippen LogP contribution in [0.15, 0.2) is 6.07 Å². The van der Waals surface area contributed by atoms with Gasteiger partial charge in [-0.25, -0.2) is 9.78 Å². The molecule has 114 valence electrons. The highest BCUT2D eigenvalue weighted by Crippen LogP contribution is 2.26. The van der Waals surface area contributed by atoms with Crippen LogP contribution in [0.5, 0.6) is 0 Å². The molecule has 6 heteroatoms. The van der Waals surface area contributed by atoms with E-state index >= 15 is 0 Å². The molecule has 0 aliphatic carbocycles. The Bertz CT molecular complexity index is 593. The van der Waals surface area contributed by atoms with Gasteiger partial charge < -0.3 is 9.64 Å². The Morgan fingerprint density at radius 1 is 1.38 bits per heavy atom. The van der Waals surface area contributed by atoms with Crippen molar-refractivity contribution in [1.82, 2.24) is 9.88 Å². The zero-order chi connectivity index (χ0) is 15.8. The Morgan fingerprint density at radius 3 is 2.62 bits per heavy atom. The molecular formula is C15H19ClN2O3. The molecule has 2 heterocycles. The monoisotopic (exact) mass is 310 g/mol. The number of aromatic nitrogens is 1. The van der Waals surface area contributed by atoms with E-state index in [2.05, 4.69) is 4.98 Å². The minimum absolute atomic E-state index is 0.144. The van der Waals surface area contributed by atoms with Crippen LogP contribution in [0, 0.1) is 0 Å². The Kier molecular flexibility index (Phi) is 4.23. The molecule has 0 saturated heterocycles. The van der Waals surface area contributed by atoms with Crippen LogP contribution < -0.4 is 0 Å². The molecule has 1 amide bonds. The lowest BCUT2D eigenvalue weighted by Crippen LogP contribution is -2.40. The number of rotatable bonds is 1. The number of carbonyl (C=O) groups excluding carboxylic acids is 2. The molecule has 1 aromatic rings. The number of ketones is 1. The number of halogens is 1. The highest BCUT2D eigenvalue weighted by atomic mass is 35.5. The number of ether oxygens (including phenoxy) is 1. The van der Waals surface area contributed by atoms with Crippen molar-refractivity contribution in [2.75, 3.05) is 6.54 Å². The molecule has 0 spiro atoms. The van der Waals surface area contributed by atoms with E-state index in [1.165, 1.54) is 6.92 Å². The average molecular weight is 311 g/mol. The van der Waals surface area contributed by atoms with E-state index in [4.69, 9.17) is 16.3 Å². The van der Waals surface area contributed by atoms with Gasteiger partial charge in [-0.1, -0.05) is 11.6 Å². The average Bonchev–Trinajstić information content (AvgIpc) is 2.35. The maximum atomic E-state index is 12.1. The Labute approximate surface area is 129 Å². The number of carbonyl (C=O) groups is 2. The van der Waals surface area contributed by atoms with Crippen LogP contribution in [0.4, 0.5) is 4.79 Å². The molecule has 0 radical (unpaired) electrons. The lowest BCUT2D eigenvalue weighted by Gasteiger charge is -2.31. The van der Waals surface area contributed by atoms with E-state index in [0.717, 1.165) is 5.56 Å². The van der Waals surface area contributed by atoms with Gasteiger partial charge in [-0.05, 0) is 38.8 Å². The van der Waals surface area contributed by atoms with Gasteiger partial charge in [-0.2, -0.15) is 0 Å². The van der Waals surface area contributed by atoms with Crippen LogP contribution in [0.3, 0.4) is 0 Å². The van der Waals surface area contributed by atoms with Crippen LogP contribution in [0.25, 0.3) is 0 Å². The van der Waals surface area contributed by atoms with Crippen LogP contribution in [-0.4, -0.2) is 33.9 Å². The molecule has 0 saturated carbocycles. The topological polar surface area (TPSA) is 59.5 Å². The number of Topliss-reactive ketones (excluding diaryl/α,β-unsaturated/α-hetero) is 1. The van der Waals surface area contributed by atoms with Gasteiger partial charge in [-0.3, -0.25) is 4.79 Å². The van der Waals surface area contributed by atoms with Gasteiger partial charge in [0, 0.05) is 18.5 Å². The van der Waals surface area contributed by atoms with Crippen molar-refractivity contribution in [3.63, 3.8) is 0 Å². The third-order valence-corrected chi connectivity index (χ3v) is 3.48. The first-order valence-electron chi connectivity index (χ1n) is 6.84. The summed E-state index contributed by atoms with van der Waals surface area (Å²) in [6.07, 6.45) is 0.234. The summed E-state index contributed by atoms with van der Waals surface area (Å²) in [7, 11) is 0. The van der Waals surface area contributed by atoms with Crippen molar-refractivity contribution in [1.29, 1.82) is 0 Å². The first-order chi connectivity index (χ1) is 9.67. The van der Waals surface area contributed by atoms with Crippen LogP contribution in [-0.2, 0) is 17.7 Å². The van der Waals surface area contributed by atoms with Gasteiger partial charge in [-0.15, -0.1) is 0 Å². The van der Waals surface area contributed by atoms with E-state index < -0.39 is 5.60 Å². The highest BCUT2D eigenvalue weighted by molar-refractivity contribution is 6.31. The predicted octanol–water partition coefficient (Wildman–Crippen LogP) is 3.23. The van der Waals surface area contributed by atoms with Crippen molar-refractivity contribution in [3.8, 4) is 0 Å². The molecule has 1 aliphatic heterocycles. The molecule has 1 aliphatic rings. The van der Waals surface area contributed by atoms with Gasteiger partial charge in [0.25, 0.3) is 0 Å². The summed E-state index contributed by atoms with van der Waals surface area (Å²) in [5, 5.41) is 0.536. The lowest BCUT2D eigenvalue weighted by atomic mass is 10.0. The molecule has 0 N–H and O–H groups in total. The summed E-state index contributed by atoms with van der Waals surface area (Å²) in [5.74, 6) is -0.144. The quantitative estimate of drug-likeness (QED) is 0.747. The zero-order valence-electron chi connectivity index (χ0n) is 12.7. The Morgan fingerprint density at radius 2 is 2.05 bits per heavy atom. The van der Waals surface area contributed by atoms with Crippen LogP contribution in [0.2, 0.25) is 5.02 Å². The number of nitrogens with zero attached hydrogens (tertiary/aromatic N) is 2. The SMILES string of the molecule is CC(=O)c1cc(Cl)c2c(n1)CN(C(=O)OC(C)(C)C)CC2. The Hall–Kier alpha value is -1.62. The van der Waals surface area contributed by atoms with Crippen molar-refractivity contribution in [2.45, 2.75) is 46.3 Å². The fourth-order valence-electron chi connectivity index (χ4n) is 2.15. The molecule has 0 aromatic carbocycles. The molecule has 5 nitrogen and oxygen atoms in total. The Balaban J connectivity index is 2.23. The number of hydrogen-bond donors (Lipinski definition) is 0. The third kappa shape index (κ3) is 3.73. The number of pyridine rings is 1. The van der Waals surface area contributed by atoms with E-state index in [9.17, 15) is 9.59 Å². The maximum absolute atomic E-state index is 12.1. The molecule has 0 unspecified atom stereocenters. The maximum Gasteiger partial charge on any atom is 0.410 e. The summed E-state index contributed by atoms with van der Waals surface area (Å²) < 4.78 is 5.36. The number of amides is 1. The largest absolute Gasteiger partial charge is 0.444 e. The minimum atomic E-state index is -0.538. The molecule has 1 aromatic heterocycles. The van der Waals surface area contributed by atoms with Gasteiger partial charge in [0.15, 0.2) is 5.78 Å². The van der Waals surface area contributed by atoms with Crippen molar-refractivity contribution in [3.05, 3.63) is 28.0 Å². The first-order valence-corrected chi connectivity index (χ1v) is 7.22. The van der Waals surface area contributed by atoms with Gasteiger partial charge in [0.1, 0.15) is 11.3 Å². The highest BCUT2D eigenvalue weighted by Gasteiger charge is 2.28. The minimum Gasteiger partial charge on any atom is -0.444 e. The molecule has 0 fully saturated rings. The number of fused-ring (bicyclic) bond motifs is 1. The summed E-state index contributed by atoms with van der Waals surface area (Å²) in [5.41, 5.74) is 1.36. The van der Waals surface area contributed by atoms with E-state index in [1.54, 1.807) is 11.0 Å². The molecular weight excluding hydrogens is 292 g/mol. The zero-order valence-corrected chi connectivity index (χ0v) is 13.5. The molecule has 0 atom stereocenters. The van der Waals surface area contributed by atoms with Crippen molar-refractivity contribution >= 4 is 23.5 Å². The summed E-state index contributed by atoms with van der Waals surface area (Å²) >= 11 is 6.20. The fraction of sp³-hybridized carbons (Fsp3) is 0.533. The van der Waals surface area contributed by atoms with Crippen LogP contribution >= 0.6 is 11.6 Å². The van der Waals surface area contributed by atoms with Crippen molar-refractivity contribution in [2.24, 2.45) is 0 Å². The van der Waals surface area contributed by atoms with Crippen LogP contribution in [0.1, 0.15) is 49.4 Å². The van der Waals surface area contributed by atoms with E-state index in [1.807, 2.05) is 20.8 Å². The van der Waals surface area contributed by atoms with Gasteiger partial charge in [0.05, 0.1) is 12.2 Å². The second-order valence-electron chi connectivity index (χ2n) is 6.12. The standard InChI is InChI=1S/C15H19ClN2O3/c1-9(19)12-7-11(16)10-5-6-18(8-13(10)17-12)14(20)21-15(2,3)4/h7H,5-6,8H2,1-4H3. The normalized spacial score (nSPS) is 14.6. The molecule has 0 bridgehead atoms. The summed E-state index contributed by atoms with van der Waals surface area (Å²) in [6.45, 7) is 7.76. The summed E-state index contributed by atoms with van der Waals surface area (Å²) in [4.78, 5) is 29.5. The number of hydrogen-bond acceptors (Lipinski definition) is 4. The smallest absolute Gasteiger partial charge is 0.410 e. The van der Waals surface area contributed by atoms with Gasteiger partial charge in [0.2, 0.25) is 0 Å². The predicted molar refractivity (Wildman–Crippen MR) is 79.6 cm³/mol. The molecule has 21 heavy (non-hydrogen) atoms. The third-order valence-electron chi connectivity index (χ3n) is 3.14. The molecule has 2 rings (SSSR count). The van der Waals surface area contributed by atoms with E-state index in [0.29, 0.717) is 35.9 Å². The first kappa shape index (κ1) is 15.8. The second-order valence-corrected chi connectivity index (χ2v) is 6.53. The second kappa shape index (κ2) is 5.64. The fourth-order valence-corrected chi connectivity index (χ4v) is 2.46. The van der Waals surface area contributed by atoms with E-state index in [-0.39, 0.29) is 11.9 Å². The van der Waals surface area contributed by atoms with Gasteiger partial charge >= 0.3 is 6.09 Å². The lowest BCUT2D eigenvalue weighted by molar-refractivity contribution is 0.0221. The summed E-state index contributed by atoms with van der Waals surface area (Å²) in [6, 6.07) is 1.59.